The van der Waals surface area contributed by atoms with Crippen molar-refractivity contribution in [1.82, 2.24) is 20.3 Å². The van der Waals surface area contributed by atoms with Gasteiger partial charge in [0, 0.05) is 43.4 Å². The highest BCUT2D eigenvalue weighted by Gasteiger charge is 2.23. The molecule has 0 radical (unpaired) electrons. The predicted molar refractivity (Wildman–Crippen MR) is 83.7 cm³/mol. The van der Waals surface area contributed by atoms with Gasteiger partial charge in [0.2, 0.25) is 5.95 Å². The maximum atomic E-state index is 12.3. The van der Waals surface area contributed by atoms with E-state index >= 15 is 0 Å². The Kier molecular flexibility index (Phi) is 4.27. The highest BCUT2D eigenvalue weighted by molar-refractivity contribution is 5.94. The number of aryl methyl sites for hydroxylation is 1. The van der Waals surface area contributed by atoms with Crippen LogP contribution in [0.5, 0.6) is 0 Å². The summed E-state index contributed by atoms with van der Waals surface area (Å²) in [4.78, 5) is 27.1. The Morgan fingerprint density at radius 1 is 1.27 bits per heavy atom. The molecule has 2 aromatic rings. The third kappa shape index (κ3) is 3.39. The molecule has 0 bridgehead atoms. The lowest BCUT2D eigenvalue weighted by Crippen LogP contribution is -2.48. The second kappa shape index (κ2) is 6.51. The van der Waals surface area contributed by atoms with Crippen LogP contribution >= 0.6 is 0 Å². The van der Waals surface area contributed by atoms with Gasteiger partial charge in [-0.2, -0.15) is 0 Å². The van der Waals surface area contributed by atoms with Gasteiger partial charge in [-0.1, -0.05) is 0 Å². The number of amides is 1. The maximum absolute atomic E-state index is 12.3. The number of hydrogen-bond donors (Lipinski definition) is 1. The van der Waals surface area contributed by atoms with Crippen molar-refractivity contribution in [2.45, 2.75) is 25.8 Å². The zero-order valence-corrected chi connectivity index (χ0v) is 12.6. The van der Waals surface area contributed by atoms with Crippen LogP contribution in [0.2, 0.25) is 0 Å². The summed E-state index contributed by atoms with van der Waals surface area (Å²) in [5.41, 5.74) is 1.50. The lowest BCUT2D eigenvalue weighted by Gasteiger charge is -2.33. The first-order valence-electron chi connectivity index (χ1n) is 7.48. The van der Waals surface area contributed by atoms with Crippen molar-refractivity contribution in [3.8, 4) is 0 Å². The molecule has 6 heteroatoms. The van der Waals surface area contributed by atoms with Crippen LogP contribution in [0.4, 0.5) is 5.95 Å². The average molecular weight is 297 g/mol. The van der Waals surface area contributed by atoms with Crippen LogP contribution in [-0.4, -0.2) is 40.0 Å². The molecule has 1 saturated heterocycles. The van der Waals surface area contributed by atoms with Crippen molar-refractivity contribution in [2.75, 3.05) is 18.0 Å². The van der Waals surface area contributed by atoms with E-state index < -0.39 is 0 Å². The zero-order chi connectivity index (χ0) is 15.4. The van der Waals surface area contributed by atoms with Gasteiger partial charge in [-0.25, -0.2) is 9.97 Å². The molecule has 2 aromatic heterocycles. The van der Waals surface area contributed by atoms with Crippen LogP contribution < -0.4 is 10.2 Å². The minimum absolute atomic E-state index is 0.0756. The molecule has 0 saturated carbocycles. The Morgan fingerprint density at radius 3 is 2.82 bits per heavy atom. The van der Waals surface area contributed by atoms with Crippen molar-refractivity contribution in [3.05, 3.63) is 48.0 Å². The summed E-state index contributed by atoms with van der Waals surface area (Å²) in [5, 5.41) is 3.08. The number of carbonyl (C=O) groups is 1. The van der Waals surface area contributed by atoms with Gasteiger partial charge < -0.3 is 10.2 Å². The zero-order valence-electron chi connectivity index (χ0n) is 12.6. The van der Waals surface area contributed by atoms with E-state index in [1.54, 1.807) is 30.7 Å². The average Bonchev–Trinajstić information content (AvgIpc) is 2.56. The lowest BCUT2D eigenvalue weighted by molar-refractivity contribution is 0.0932. The number of nitrogens with one attached hydrogen (secondary N) is 1. The summed E-state index contributed by atoms with van der Waals surface area (Å²) in [6, 6.07) is 5.56. The summed E-state index contributed by atoms with van der Waals surface area (Å²) in [5.74, 6) is 0.645. The standard InChI is InChI=1S/C16H19N5O/c1-12-5-6-13(10-19-12)15(22)20-14-4-2-9-21(11-14)16-17-7-3-8-18-16/h3,5-8,10,14H,2,4,9,11H2,1H3,(H,20,22)/t14-/m1/s1. The van der Waals surface area contributed by atoms with Gasteiger partial charge in [-0.15, -0.1) is 0 Å². The molecular formula is C16H19N5O. The molecule has 3 heterocycles. The number of pyridine rings is 1. The Morgan fingerprint density at radius 2 is 2.09 bits per heavy atom. The number of piperidine rings is 1. The molecule has 0 spiro atoms. The van der Waals surface area contributed by atoms with Crippen LogP contribution in [-0.2, 0) is 0 Å². The van der Waals surface area contributed by atoms with Gasteiger partial charge in [0.15, 0.2) is 0 Å². The van der Waals surface area contributed by atoms with Crippen molar-refractivity contribution in [1.29, 1.82) is 0 Å². The summed E-state index contributed by atoms with van der Waals surface area (Å²) < 4.78 is 0. The first kappa shape index (κ1) is 14.4. The fourth-order valence-corrected chi connectivity index (χ4v) is 2.60. The minimum Gasteiger partial charge on any atom is -0.347 e. The smallest absolute Gasteiger partial charge is 0.253 e. The van der Waals surface area contributed by atoms with Crippen LogP contribution in [0.25, 0.3) is 0 Å². The molecule has 1 atom stereocenters. The van der Waals surface area contributed by atoms with Gasteiger partial charge in [-0.05, 0) is 38.0 Å². The summed E-state index contributed by atoms with van der Waals surface area (Å²) in [7, 11) is 0. The molecule has 22 heavy (non-hydrogen) atoms. The molecule has 1 amide bonds. The fraction of sp³-hybridized carbons (Fsp3) is 0.375. The topological polar surface area (TPSA) is 71.0 Å². The normalized spacial score (nSPS) is 18.0. The Balaban J connectivity index is 1.63. The SMILES string of the molecule is Cc1ccc(C(=O)N[C@@H]2CCCN(c3ncccn3)C2)cn1. The number of rotatable bonds is 3. The lowest BCUT2D eigenvalue weighted by atomic mass is 10.1. The molecule has 0 aromatic carbocycles. The molecule has 0 unspecified atom stereocenters. The number of anilines is 1. The minimum atomic E-state index is -0.0756. The summed E-state index contributed by atoms with van der Waals surface area (Å²) in [6.45, 7) is 3.55. The van der Waals surface area contributed by atoms with E-state index in [9.17, 15) is 4.79 Å². The van der Waals surface area contributed by atoms with E-state index in [0.717, 1.165) is 37.6 Å². The van der Waals surface area contributed by atoms with Gasteiger partial charge >= 0.3 is 0 Å². The second-order valence-corrected chi connectivity index (χ2v) is 5.50. The quantitative estimate of drug-likeness (QED) is 0.931. The van der Waals surface area contributed by atoms with Crippen LogP contribution in [0.3, 0.4) is 0 Å². The second-order valence-electron chi connectivity index (χ2n) is 5.50. The number of hydrogen-bond acceptors (Lipinski definition) is 5. The molecule has 114 valence electrons. The molecule has 3 rings (SSSR count). The van der Waals surface area contributed by atoms with Gasteiger partial charge in [0.25, 0.3) is 5.91 Å². The third-order valence-corrected chi connectivity index (χ3v) is 3.77. The number of carbonyl (C=O) groups excluding carboxylic acids is 1. The van der Waals surface area contributed by atoms with E-state index in [1.807, 2.05) is 13.0 Å². The van der Waals surface area contributed by atoms with E-state index in [4.69, 9.17) is 0 Å². The highest BCUT2D eigenvalue weighted by atomic mass is 16.1. The van der Waals surface area contributed by atoms with Crippen LogP contribution in [0.1, 0.15) is 28.9 Å². The van der Waals surface area contributed by atoms with Gasteiger partial charge in [0.1, 0.15) is 0 Å². The molecule has 0 aliphatic carbocycles. The van der Waals surface area contributed by atoms with Crippen molar-refractivity contribution in [3.63, 3.8) is 0 Å². The molecule has 1 N–H and O–H groups in total. The first-order valence-corrected chi connectivity index (χ1v) is 7.48. The first-order chi connectivity index (χ1) is 10.7. The summed E-state index contributed by atoms with van der Waals surface area (Å²) >= 11 is 0. The van der Waals surface area contributed by atoms with E-state index in [1.165, 1.54) is 0 Å². The Labute approximate surface area is 129 Å². The molecule has 1 fully saturated rings. The van der Waals surface area contributed by atoms with E-state index in [2.05, 4.69) is 25.2 Å². The number of nitrogens with zero attached hydrogens (tertiary/aromatic N) is 4. The Hall–Kier alpha value is -2.50. The molecule has 6 nitrogen and oxygen atoms in total. The predicted octanol–water partition coefficient (Wildman–Crippen LogP) is 1.58. The monoisotopic (exact) mass is 297 g/mol. The highest BCUT2D eigenvalue weighted by Crippen LogP contribution is 2.15. The van der Waals surface area contributed by atoms with Gasteiger partial charge in [0.05, 0.1) is 5.56 Å². The van der Waals surface area contributed by atoms with E-state index in [-0.39, 0.29) is 11.9 Å². The van der Waals surface area contributed by atoms with Crippen LogP contribution in [0, 0.1) is 6.92 Å². The number of aromatic nitrogens is 3. The maximum Gasteiger partial charge on any atom is 0.253 e. The summed E-state index contributed by atoms with van der Waals surface area (Å²) in [6.07, 6.45) is 7.07. The molecular weight excluding hydrogens is 278 g/mol. The van der Waals surface area contributed by atoms with Gasteiger partial charge in [-0.3, -0.25) is 9.78 Å². The Bertz CT molecular complexity index is 629. The third-order valence-electron chi connectivity index (χ3n) is 3.77. The van der Waals surface area contributed by atoms with E-state index in [0.29, 0.717) is 5.56 Å². The van der Waals surface area contributed by atoms with Crippen molar-refractivity contribution >= 4 is 11.9 Å². The molecule has 1 aliphatic rings. The van der Waals surface area contributed by atoms with Crippen molar-refractivity contribution in [2.24, 2.45) is 0 Å². The largest absolute Gasteiger partial charge is 0.347 e. The fourth-order valence-electron chi connectivity index (χ4n) is 2.60. The van der Waals surface area contributed by atoms with Crippen LogP contribution in [0.15, 0.2) is 36.8 Å². The van der Waals surface area contributed by atoms with Crippen molar-refractivity contribution < 1.29 is 4.79 Å². The molecule has 1 aliphatic heterocycles.